The summed E-state index contributed by atoms with van der Waals surface area (Å²) in [5, 5.41) is 13.9. The Morgan fingerprint density at radius 1 is 1.24 bits per heavy atom. The summed E-state index contributed by atoms with van der Waals surface area (Å²) < 4.78 is 5.60. The Bertz CT molecular complexity index is 791. The van der Waals surface area contributed by atoms with Crippen LogP contribution in [0.2, 0.25) is 0 Å². The number of carbonyl (C=O) groups is 2. The van der Waals surface area contributed by atoms with Gasteiger partial charge in [-0.15, -0.1) is 0 Å². The number of rotatable bonds is 6. The summed E-state index contributed by atoms with van der Waals surface area (Å²) in [6.45, 7) is 2.42. The van der Waals surface area contributed by atoms with Crippen LogP contribution < -0.4 is 15.4 Å². The fourth-order valence-corrected chi connectivity index (χ4v) is 3.12. The molecule has 0 saturated carbocycles. The molecule has 1 aliphatic heterocycles. The first kappa shape index (κ1) is 16.8. The van der Waals surface area contributed by atoms with Crippen molar-refractivity contribution >= 4 is 12.0 Å². The highest BCUT2D eigenvalue weighted by Gasteiger charge is 2.39. The molecule has 0 bridgehead atoms. The molecule has 0 spiro atoms. The summed E-state index contributed by atoms with van der Waals surface area (Å²) in [6, 6.07) is 15.3. The first-order chi connectivity index (χ1) is 12.0. The van der Waals surface area contributed by atoms with Gasteiger partial charge < -0.3 is 20.5 Å². The van der Waals surface area contributed by atoms with Gasteiger partial charge in [-0.25, -0.2) is 4.79 Å². The van der Waals surface area contributed by atoms with Crippen molar-refractivity contribution in [3.05, 3.63) is 65.2 Å². The van der Waals surface area contributed by atoms with Crippen molar-refractivity contribution in [2.75, 3.05) is 13.2 Å². The van der Waals surface area contributed by atoms with Crippen LogP contribution in [0.25, 0.3) is 0 Å². The van der Waals surface area contributed by atoms with Gasteiger partial charge in [0.25, 0.3) is 5.91 Å². The average Bonchev–Trinajstić information content (AvgIpc) is 2.83. The van der Waals surface area contributed by atoms with E-state index < -0.39 is 11.6 Å². The number of ether oxygens (including phenoxy) is 1. The lowest BCUT2D eigenvalue weighted by molar-refractivity contribution is 0.0935. The highest BCUT2D eigenvalue weighted by Crippen LogP contribution is 2.36. The molecular formula is C19H20N2O4. The molecule has 0 aromatic heterocycles. The Morgan fingerprint density at radius 2 is 2.00 bits per heavy atom. The maximum Gasteiger partial charge on any atom is 0.404 e. The van der Waals surface area contributed by atoms with Crippen LogP contribution in [0.1, 0.15) is 28.4 Å². The van der Waals surface area contributed by atoms with Gasteiger partial charge in [-0.1, -0.05) is 30.3 Å². The lowest BCUT2D eigenvalue weighted by Gasteiger charge is -2.26. The fraction of sp³-hybridized carbons (Fsp3) is 0.263. The second-order valence-electron chi connectivity index (χ2n) is 6.24. The van der Waals surface area contributed by atoms with Gasteiger partial charge in [0.2, 0.25) is 0 Å². The van der Waals surface area contributed by atoms with Crippen molar-refractivity contribution in [2.45, 2.75) is 18.9 Å². The summed E-state index contributed by atoms with van der Waals surface area (Å²) in [6.07, 6.45) is -0.404. The lowest BCUT2D eigenvalue weighted by atomic mass is 9.86. The van der Waals surface area contributed by atoms with Crippen LogP contribution in [-0.2, 0) is 12.0 Å². The number of nitrogens with one attached hydrogen (secondary N) is 2. The molecule has 1 aliphatic rings. The Kier molecular flexibility index (Phi) is 4.61. The van der Waals surface area contributed by atoms with Crippen molar-refractivity contribution in [1.29, 1.82) is 0 Å². The second-order valence-corrected chi connectivity index (χ2v) is 6.24. The van der Waals surface area contributed by atoms with Gasteiger partial charge in [-0.05, 0) is 42.7 Å². The summed E-state index contributed by atoms with van der Waals surface area (Å²) >= 11 is 0. The largest absolute Gasteiger partial charge is 0.492 e. The third-order valence-electron chi connectivity index (χ3n) is 4.27. The van der Waals surface area contributed by atoms with Crippen molar-refractivity contribution in [3.8, 4) is 5.75 Å². The maximum absolute atomic E-state index is 12.3. The van der Waals surface area contributed by atoms with Crippen molar-refractivity contribution in [1.82, 2.24) is 10.6 Å². The zero-order valence-electron chi connectivity index (χ0n) is 13.9. The van der Waals surface area contributed by atoms with E-state index in [-0.39, 0.29) is 19.1 Å². The number of benzene rings is 2. The fourth-order valence-electron chi connectivity index (χ4n) is 3.12. The summed E-state index contributed by atoms with van der Waals surface area (Å²) in [5.41, 5.74) is 2.17. The van der Waals surface area contributed by atoms with Crippen LogP contribution in [0.5, 0.6) is 5.75 Å². The smallest absolute Gasteiger partial charge is 0.404 e. The van der Waals surface area contributed by atoms with Gasteiger partial charge >= 0.3 is 6.09 Å². The van der Waals surface area contributed by atoms with Crippen LogP contribution in [-0.4, -0.2) is 30.3 Å². The van der Waals surface area contributed by atoms with Crippen molar-refractivity contribution < 1.29 is 19.4 Å². The number of hydrogen-bond donors (Lipinski definition) is 3. The first-order valence-electron chi connectivity index (χ1n) is 8.08. The van der Waals surface area contributed by atoms with E-state index in [1.165, 1.54) is 0 Å². The Hall–Kier alpha value is -3.02. The molecular weight excluding hydrogens is 320 g/mol. The average molecular weight is 340 g/mol. The number of fused-ring (bicyclic) bond motifs is 1. The van der Waals surface area contributed by atoms with Crippen LogP contribution in [0, 0.1) is 0 Å². The lowest BCUT2D eigenvalue weighted by Crippen LogP contribution is -2.38. The zero-order valence-corrected chi connectivity index (χ0v) is 13.9. The third-order valence-corrected chi connectivity index (χ3v) is 4.27. The van der Waals surface area contributed by atoms with Crippen molar-refractivity contribution in [3.63, 3.8) is 0 Å². The van der Waals surface area contributed by atoms with Gasteiger partial charge in [-0.3, -0.25) is 4.79 Å². The van der Waals surface area contributed by atoms with Crippen LogP contribution in [0.15, 0.2) is 48.5 Å². The molecule has 6 heteroatoms. The van der Waals surface area contributed by atoms with E-state index in [2.05, 4.69) is 10.6 Å². The molecule has 0 aliphatic carbocycles. The van der Waals surface area contributed by atoms with Gasteiger partial charge in [0.05, 0.1) is 12.1 Å². The molecule has 1 atom stereocenters. The molecule has 1 heterocycles. The molecule has 2 amide bonds. The van der Waals surface area contributed by atoms with E-state index in [1.54, 1.807) is 12.1 Å². The second kappa shape index (κ2) is 6.84. The third kappa shape index (κ3) is 3.74. The van der Waals surface area contributed by atoms with E-state index in [0.717, 1.165) is 11.1 Å². The van der Waals surface area contributed by atoms with E-state index in [9.17, 15) is 9.59 Å². The molecule has 0 fully saturated rings. The molecule has 3 rings (SSSR count). The molecule has 130 valence electrons. The molecule has 0 radical (unpaired) electrons. The molecule has 1 unspecified atom stereocenters. The normalized spacial score (nSPS) is 18.4. The maximum atomic E-state index is 12.3. The van der Waals surface area contributed by atoms with Gasteiger partial charge in [0.1, 0.15) is 12.4 Å². The Labute approximate surface area is 145 Å². The minimum absolute atomic E-state index is 0.0903. The monoisotopic (exact) mass is 340 g/mol. The topological polar surface area (TPSA) is 87.7 Å². The van der Waals surface area contributed by atoms with E-state index in [1.807, 2.05) is 43.3 Å². The SMILES string of the molecule is CC1(Cc2ccccc2)NC(=O)c2ccc(OCCNC(=O)O)cc21. The number of amides is 2. The summed E-state index contributed by atoms with van der Waals surface area (Å²) in [5.74, 6) is 0.522. The molecule has 25 heavy (non-hydrogen) atoms. The molecule has 2 aromatic rings. The molecule has 6 nitrogen and oxygen atoms in total. The molecule has 3 N–H and O–H groups in total. The van der Waals surface area contributed by atoms with Crippen LogP contribution in [0.3, 0.4) is 0 Å². The standard InChI is InChI=1S/C19H20N2O4/c1-19(12-13-5-3-2-4-6-13)16-11-14(25-10-9-20-18(23)24)7-8-15(16)17(22)21-19/h2-8,11,20H,9-10,12H2,1H3,(H,21,22)(H,23,24). The minimum atomic E-state index is -1.08. The Morgan fingerprint density at radius 3 is 2.72 bits per heavy atom. The summed E-state index contributed by atoms with van der Waals surface area (Å²) in [7, 11) is 0. The van der Waals surface area contributed by atoms with E-state index >= 15 is 0 Å². The minimum Gasteiger partial charge on any atom is -0.492 e. The molecule has 2 aromatic carbocycles. The highest BCUT2D eigenvalue weighted by molar-refractivity contribution is 6.00. The van der Waals surface area contributed by atoms with Crippen LogP contribution in [0.4, 0.5) is 4.79 Å². The van der Waals surface area contributed by atoms with Gasteiger partial charge in [-0.2, -0.15) is 0 Å². The summed E-state index contributed by atoms with van der Waals surface area (Å²) in [4.78, 5) is 22.7. The van der Waals surface area contributed by atoms with Crippen LogP contribution >= 0.6 is 0 Å². The van der Waals surface area contributed by atoms with E-state index in [4.69, 9.17) is 9.84 Å². The predicted octanol–water partition coefficient (Wildman–Crippen LogP) is 2.53. The highest BCUT2D eigenvalue weighted by atomic mass is 16.5. The van der Waals surface area contributed by atoms with Gasteiger partial charge in [0.15, 0.2) is 0 Å². The van der Waals surface area contributed by atoms with Crippen molar-refractivity contribution in [2.24, 2.45) is 0 Å². The number of carboxylic acid groups (broad SMARTS) is 1. The number of hydrogen-bond acceptors (Lipinski definition) is 3. The Balaban J connectivity index is 1.78. The zero-order chi connectivity index (χ0) is 17.9. The van der Waals surface area contributed by atoms with Gasteiger partial charge in [0, 0.05) is 5.56 Å². The quantitative estimate of drug-likeness (QED) is 0.705. The molecule has 0 saturated heterocycles. The number of carbonyl (C=O) groups excluding carboxylic acids is 1. The van der Waals surface area contributed by atoms with E-state index in [0.29, 0.717) is 17.7 Å². The predicted molar refractivity (Wildman–Crippen MR) is 92.9 cm³/mol. The first-order valence-corrected chi connectivity index (χ1v) is 8.08.